The van der Waals surface area contributed by atoms with Gasteiger partial charge < -0.3 is 9.80 Å². The Labute approximate surface area is 207 Å². The maximum Gasteiger partial charge on any atom is 0.178 e. The number of hydrogen-bond acceptors (Lipinski definition) is 4. The molecular weight excluding hydrogens is 416 g/mol. The Balaban J connectivity index is 0.000000503. The standard InChI is InChI=1S/C24H24N4.3C2H6/c1-24(2)17-12-6-9-15-20(17)28-22-21(25-18-13-7-8-14-19(18)26-22)27(23(24)28)16-10-4-3-5-11-16;3*1-2/h3-6,9-12,15,23H,7-8,13-14H2,1-2H3;3*1-2H3. The Kier molecular flexibility index (Phi) is 8.35. The van der Waals surface area contributed by atoms with Gasteiger partial charge in [0.25, 0.3) is 0 Å². The lowest BCUT2D eigenvalue weighted by Gasteiger charge is -2.36. The molecule has 1 aromatic heterocycles. The molecule has 2 aliphatic heterocycles. The van der Waals surface area contributed by atoms with Crippen LogP contribution in [-0.4, -0.2) is 16.1 Å². The highest BCUT2D eigenvalue weighted by Crippen LogP contribution is 2.57. The van der Waals surface area contributed by atoms with Crippen LogP contribution in [0.25, 0.3) is 0 Å². The number of para-hydroxylation sites is 2. The number of fused-ring (bicyclic) bond motifs is 6. The minimum atomic E-state index is -0.0463. The quantitative estimate of drug-likeness (QED) is 0.367. The molecule has 0 fully saturated rings. The van der Waals surface area contributed by atoms with Crippen LogP contribution < -0.4 is 9.80 Å². The van der Waals surface area contributed by atoms with Gasteiger partial charge in [-0.3, -0.25) is 0 Å². The Morgan fingerprint density at radius 2 is 1.18 bits per heavy atom. The summed E-state index contributed by atoms with van der Waals surface area (Å²) in [6, 6.07) is 19.4. The van der Waals surface area contributed by atoms with Crippen molar-refractivity contribution in [3.8, 4) is 0 Å². The number of benzene rings is 2. The fourth-order valence-electron chi connectivity index (χ4n) is 5.25. The van der Waals surface area contributed by atoms with Crippen molar-refractivity contribution < 1.29 is 0 Å². The molecule has 0 N–H and O–H groups in total. The van der Waals surface area contributed by atoms with Gasteiger partial charge in [-0.15, -0.1) is 0 Å². The van der Waals surface area contributed by atoms with Gasteiger partial charge in [-0.25, -0.2) is 9.97 Å². The van der Waals surface area contributed by atoms with E-state index in [2.05, 4.69) is 78.2 Å². The maximum absolute atomic E-state index is 5.20. The van der Waals surface area contributed by atoms with Crippen molar-refractivity contribution in [1.29, 1.82) is 0 Å². The second-order valence-electron chi connectivity index (χ2n) is 8.66. The van der Waals surface area contributed by atoms with Gasteiger partial charge in [-0.2, -0.15) is 0 Å². The third-order valence-corrected chi connectivity index (χ3v) is 6.58. The van der Waals surface area contributed by atoms with Gasteiger partial charge in [0, 0.05) is 16.8 Å². The number of anilines is 4. The van der Waals surface area contributed by atoms with Crippen molar-refractivity contribution in [2.75, 3.05) is 9.80 Å². The lowest BCUT2D eigenvalue weighted by atomic mass is 9.83. The highest BCUT2D eigenvalue weighted by Gasteiger charge is 2.55. The summed E-state index contributed by atoms with van der Waals surface area (Å²) in [5, 5.41) is 0. The van der Waals surface area contributed by atoms with E-state index in [1.54, 1.807) is 0 Å². The Hall–Kier alpha value is -2.88. The predicted molar refractivity (Wildman–Crippen MR) is 147 cm³/mol. The van der Waals surface area contributed by atoms with Crippen LogP contribution in [0, 0.1) is 0 Å². The molecular formula is C30H42N4. The number of aromatic nitrogens is 2. The van der Waals surface area contributed by atoms with Gasteiger partial charge in [0.15, 0.2) is 11.6 Å². The molecule has 1 atom stereocenters. The van der Waals surface area contributed by atoms with Crippen molar-refractivity contribution in [3.05, 3.63) is 71.5 Å². The highest BCUT2D eigenvalue weighted by molar-refractivity contribution is 5.88. The van der Waals surface area contributed by atoms with Crippen LogP contribution in [0.3, 0.4) is 0 Å². The Morgan fingerprint density at radius 3 is 1.76 bits per heavy atom. The molecule has 3 aromatic rings. The van der Waals surface area contributed by atoms with Gasteiger partial charge in [-0.1, -0.05) is 91.8 Å². The topological polar surface area (TPSA) is 32.3 Å². The van der Waals surface area contributed by atoms with Crippen molar-refractivity contribution >= 4 is 23.0 Å². The molecule has 6 rings (SSSR count). The largest absolute Gasteiger partial charge is 0.301 e. The summed E-state index contributed by atoms with van der Waals surface area (Å²) in [5.41, 5.74) is 6.17. The third kappa shape index (κ3) is 4.08. The smallest absolute Gasteiger partial charge is 0.178 e. The highest BCUT2D eigenvalue weighted by atomic mass is 15.5. The SMILES string of the molecule is CC.CC.CC.CC1(C)c2ccccc2N2c3nc4c(nc3N(c3ccccc3)C21)CCCC4. The van der Waals surface area contributed by atoms with Gasteiger partial charge in [0.05, 0.1) is 11.4 Å². The molecule has 2 aromatic carbocycles. The van der Waals surface area contributed by atoms with E-state index in [9.17, 15) is 0 Å². The molecule has 0 saturated carbocycles. The fraction of sp³-hybridized carbons (Fsp3) is 0.467. The summed E-state index contributed by atoms with van der Waals surface area (Å²) in [6.07, 6.45) is 4.67. The van der Waals surface area contributed by atoms with E-state index in [0.717, 1.165) is 24.5 Å². The van der Waals surface area contributed by atoms with Gasteiger partial charge in [-0.05, 0) is 49.4 Å². The average Bonchev–Trinajstić information content (AvgIpc) is 3.37. The predicted octanol–water partition coefficient (Wildman–Crippen LogP) is 8.34. The summed E-state index contributed by atoms with van der Waals surface area (Å²) in [4.78, 5) is 15.2. The van der Waals surface area contributed by atoms with Crippen LogP contribution in [-0.2, 0) is 18.3 Å². The van der Waals surface area contributed by atoms with Crippen LogP contribution in [0.1, 0.15) is 85.2 Å². The summed E-state index contributed by atoms with van der Waals surface area (Å²) in [5.74, 6) is 2.03. The van der Waals surface area contributed by atoms with E-state index in [4.69, 9.17) is 9.97 Å². The van der Waals surface area contributed by atoms with Crippen LogP contribution in [0.2, 0.25) is 0 Å². The number of nitrogens with zero attached hydrogens (tertiary/aromatic N) is 4. The first-order valence-corrected chi connectivity index (χ1v) is 13.3. The van der Waals surface area contributed by atoms with Crippen LogP contribution in [0.5, 0.6) is 0 Å². The zero-order chi connectivity index (χ0) is 24.9. The molecule has 182 valence electrons. The maximum atomic E-state index is 5.20. The van der Waals surface area contributed by atoms with E-state index >= 15 is 0 Å². The van der Waals surface area contributed by atoms with E-state index in [-0.39, 0.29) is 11.6 Å². The molecule has 4 nitrogen and oxygen atoms in total. The Morgan fingerprint density at radius 1 is 0.676 bits per heavy atom. The molecule has 1 aliphatic carbocycles. The zero-order valence-electron chi connectivity index (χ0n) is 22.4. The van der Waals surface area contributed by atoms with E-state index in [1.807, 2.05) is 41.5 Å². The molecule has 4 heteroatoms. The van der Waals surface area contributed by atoms with Gasteiger partial charge >= 0.3 is 0 Å². The first kappa shape index (κ1) is 25.7. The minimum absolute atomic E-state index is 0.0463. The zero-order valence-corrected chi connectivity index (χ0v) is 22.4. The van der Waals surface area contributed by atoms with Crippen molar-refractivity contribution in [1.82, 2.24) is 9.97 Å². The fourth-order valence-corrected chi connectivity index (χ4v) is 5.25. The summed E-state index contributed by atoms with van der Waals surface area (Å²) < 4.78 is 0. The molecule has 0 saturated heterocycles. The van der Waals surface area contributed by atoms with Gasteiger partial charge in [0.1, 0.15) is 6.17 Å². The number of rotatable bonds is 1. The molecule has 3 aliphatic rings. The van der Waals surface area contributed by atoms with Crippen LogP contribution >= 0.6 is 0 Å². The van der Waals surface area contributed by atoms with E-state index in [1.165, 1.54) is 41.2 Å². The number of aryl methyl sites for hydroxylation is 2. The molecule has 3 heterocycles. The number of hydrogen-bond donors (Lipinski definition) is 0. The molecule has 1 unspecified atom stereocenters. The van der Waals surface area contributed by atoms with E-state index in [0.29, 0.717) is 0 Å². The van der Waals surface area contributed by atoms with Crippen molar-refractivity contribution in [2.45, 2.75) is 92.7 Å². The van der Waals surface area contributed by atoms with Crippen molar-refractivity contribution in [2.24, 2.45) is 0 Å². The molecule has 0 spiro atoms. The van der Waals surface area contributed by atoms with Crippen molar-refractivity contribution in [3.63, 3.8) is 0 Å². The lowest BCUT2D eigenvalue weighted by molar-refractivity contribution is 0.449. The molecule has 34 heavy (non-hydrogen) atoms. The van der Waals surface area contributed by atoms with Gasteiger partial charge in [0.2, 0.25) is 0 Å². The second kappa shape index (κ2) is 11.0. The molecule has 0 amide bonds. The first-order chi connectivity index (χ1) is 16.7. The normalized spacial score (nSPS) is 17.9. The molecule has 0 radical (unpaired) electrons. The van der Waals surface area contributed by atoms with Crippen LogP contribution in [0.15, 0.2) is 54.6 Å². The monoisotopic (exact) mass is 458 g/mol. The third-order valence-electron chi connectivity index (χ3n) is 6.58. The first-order valence-electron chi connectivity index (χ1n) is 13.3. The molecule has 0 bridgehead atoms. The average molecular weight is 459 g/mol. The van der Waals surface area contributed by atoms with Crippen LogP contribution in [0.4, 0.5) is 23.0 Å². The minimum Gasteiger partial charge on any atom is -0.301 e. The summed E-state index contributed by atoms with van der Waals surface area (Å²) >= 11 is 0. The Bertz CT molecular complexity index is 1050. The summed E-state index contributed by atoms with van der Waals surface area (Å²) in [7, 11) is 0. The second-order valence-corrected chi connectivity index (χ2v) is 8.66. The lowest BCUT2D eigenvalue weighted by Crippen LogP contribution is -2.46. The summed E-state index contributed by atoms with van der Waals surface area (Å²) in [6.45, 7) is 16.7. The van der Waals surface area contributed by atoms with E-state index < -0.39 is 0 Å².